The molecule has 2 unspecified atom stereocenters. The number of carbonyl (C=O) groups excluding carboxylic acids is 1. The van der Waals surface area contributed by atoms with Gasteiger partial charge in [-0.25, -0.2) is 0 Å². The molecule has 1 aromatic carbocycles. The Morgan fingerprint density at radius 2 is 1.84 bits per heavy atom. The third-order valence-corrected chi connectivity index (χ3v) is 5.19. The van der Waals surface area contributed by atoms with Crippen LogP contribution < -0.4 is 4.90 Å². The third-order valence-electron chi connectivity index (χ3n) is 3.82. The molecule has 19 heavy (non-hydrogen) atoms. The van der Waals surface area contributed by atoms with Crippen molar-refractivity contribution in [2.24, 2.45) is 0 Å². The van der Waals surface area contributed by atoms with Crippen molar-refractivity contribution in [3.05, 3.63) is 29.8 Å². The van der Waals surface area contributed by atoms with Crippen LogP contribution in [0.2, 0.25) is 0 Å². The summed E-state index contributed by atoms with van der Waals surface area (Å²) in [6, 6.07) is 9.08. The maximum absolute atomic E-state index is 12.2. The van der Waals surface area contributed by atoms with Crippen molar-refractivity contribution in [2.75, 3.05) is 19.0 Å². The highest BCUT2D eigenvalue weighted by Crippen LogP contribution is 2.48. The smallest absolute Gasteiger partial charge is 0.236 e. The Balaban J connectivity index is 1.86. The fraction of sp³-hybridized carbons (Fsp3) is 0.533. The minimum Gasteiger partial charge on any atom is -0.378 e. The zero-order chi connectivity index (χ0) is 13.6. The second kappa shape index (κ2) is 4.75. The monoisotopic (exact) mass is 276 g/mol. The molecule has 0 spiro atoms. The summed E-state index contributed by atoms with van der Waals surface area (Å²) < 4.78 is 0. The highest BCUT2D eigenvalue weighted by Gasteiger charge is 2.45. The molecule has 1 saturated heterocycles. The zero-order valence-corrected chi connectivity index (χ0v) is 12.5. The number of hydrogen-bond acceptors (Lipinski definition) is 3. The number of carbonyl (C=O) groups is 1. The fourth-order valence-corrected chi connectivity index (χ4v) is 3.89. The average Bonchev–Trinajstić information content (AvgIpc) is 3.18. The summed E-state index contributed by atoms with van der Waals surface area (Å²) >= 11 is 1.78. The van der Waals surface area contributed by atoms with Gasteiger partial charge >= 0.3 is 0 Å². The van der Waals surface area contributed by atoms with E-state index >= 15 is 0 Å². The molecule has 1 aromatic rings. The Morgan fingerprint density at radius 3 is 2.37 bits per heavy atom. The van der Waals surface area contributed by atoms with Gasteiger partial charge in [-0.15, -0.1) is 11.8 Å². The standard InChI is InChI=1S/C15H20N2OS/c1-10-14(18)17(13-8-9-13)15(19-10)11-4-6-12(7-5-11)16(2)3/h4-7,10,13,15H,8-9H2,1-3H3. The average molecular weight is 276 g/mol. The van der Waals surface area contributed by atoms with E-state index in [0.29, 0.717) is 11.9 Å². The van der Waals surface area contributed by atoms with Crippen LogP contribution in [0.3, 0.4) is 0 Å². The fourth-order valence-electron chi connectivity index (χ4n) is 2.54. The van der Waals surface area contributed by atoms with Crippen LogP contribution >= 0.6 is 11.8 Å². The van der Waals surface area contributed by atoms with E-state index in [-0.39, 0.29) is 10.6 Å². The molecule has 3 rings (SSSR count). The largest absolute Gasteiger partial charge is 0.378 e. The molecule has 0 N–H and O–H groups in total. The van der Waals surface area contributed by atoms with Gasteiger partial charge in [0.2, 0.25) is 5.91 Å². The molecule has 1 aliphatic carbocycles. The summed E-state index contributed by atoms with van der Waals surface area (Å²) in [7, 11) is 4.09. The summed E-state index contributed by atoms with van der Waals surface area (Å²) in [6.07, 6.45) is 2.34. The lowest BCUT2D eigenvalue weighted by molar-refractivity contribution is -0.130. The van der Waals surface area contributed by atoms with Crippen molar-refractivity contribution in [1.29, 1.82) is 0 Å². The Morgan fingerprint density at radius 1 is 1.21 bits per heavy atom. The van der Waals surface area contributed by atoms with E-state index in [4.69, 9.17) is 0 Å². The first-order valence-electron chi connectivity index (χ1n) is 6.83. The molecular formula is C15H20N2OS. The highest BCUT2D eigenvalue weighted by atomic mass is 32.2. The van der Waals surface area contributed by atoms with Gasteiger partial charge in [-0.1, -0.05) is 12.1 Å². The quantitative estimate of drug-likeness (QED) is 0.848. The lowest BCUT2D eigenvalue weighted by atomic mass is 10.1. The van der Waals surface area contributed by atoms with Crippen LogP contribution in [-0.4, -0.2) is 36.2 Å². The summed E-state index contributed by atoms with van der Waals surface area (Å²) in [4.78, 5) is 16.4. The van der Waals surface area contributed by atoms with E-state index in [1.54, 1.807) is 11.8 Å². The van der Waals surface area contributed by atoms with Crippen molar-refractivity contribution in [3.8, 4) is 0 Å². The summed E-state index contributed by atoms with van der Waals surface area (Å²) in [5.74, 6) is 0.314. The Hall–Kier alpha value is -1.16. The van der Waals surface area contributed by atoms with Gasteiger partial charge in [-0.3, -0.25) is 4.79 Å². The van der Waals surface area contributed by atoms with E-state index in [0.717, 1.165) is 0 Å². The van der Waals surface area contributed by atoms with Crippen LogP contribution in [0.5, 0.6) is 0 Å². The SMILES string of the molecule is CC1SC(c2ccc(N(C)C)cc2)N(C2CC2)C1=O. The number of rotatable bonds is 3. The lowest BCUT2D eigenvalue weighted by Gasteiger charge is -2.24. The van der Waals surface area contributed by atoms with Gasteiger partial charge in [-0.2, -0.15) is 0 Å². The van der Waals surface area contributed by atoms with E-state index in [1.165, 1.54) is 24.1 Å². The van der Waals surface area contributed by atoms with E-state index in [1.807, 2.05) is 21.0 Å². The topological polar surface area (TPSA) is 23.6 Å². The van der Waals surface area contributed by atoms with Crippen LogP contribution in [0.15, 0.2) is 24.3 Å². The molecule has 2 fully saturated rings. The van der Waals surface area contributed by atoms with Gasteiger partial charge in [0.1, 0.15) is 5.37 Å². The predicted octanol–water partition coefficient (Wildman–Crippen LogP) is 2.88. The second-order valence-corrected chi connectivity index (χ2v) is 7.02. The molecule has 1 amide bonds. The zero-order valence-electron chi connectivity index (χ0n) is 11.7. The molecule has 2 aliphatic rings. The van der Waals surface area contributed by atoms with Crippen LogP contribution in [0.25, 0.3) is 0 Å². The van der Waals surface area contributed by atoms with E-state index in [9.17, 15) is 4.79 Å². The summed E-state index contributed by atoms with van der Waals surface area (Å²) in [5.41, 5.74) is 2.45. The number of hydrogen-bond donors (Lipinski definition) is 0. The molecule has 3 nitrogen and oxygen atoms in total. The number of benzene rings is 1. The Labute approximate surface area is 119 Å². The number of nitrogens with zero attached hydrogens (tertiary/aromatic N) is 2. The normalized spacial score (nSPS) is 26.9. The van der Waals surface area contributed by atoms with Gasteiger partial charge in [0.15, 0.2) is 0 Å². The molecule has 4 heteroatoms. The van der Waals surface area contributed by atoms with Crippen molar-refractivity contribution in [1.82, 2.24) is 4.90 Å². The van der Waals surface area contributed by atoms with Crippen molar-refractivity contribution >= 4 is 23.4 Å². The number of anilines is 1. The van der Waals surface area contributed by atoms with E-state index < -0.39 is 0 Å². The predicted molar refractivity (Wildman–Crippen MR) is 80.4 cm³/mol. The second-order valence-electron chi connectivity index (χ2n) is 5.59. The number of amides is 1. The molecule has 0 radical (unpaired) electrons. The molecule has 102 valence electrons. The maximum Gasteiger partial charge on any atom is 0.236 e. The first-order valence-corrected chi connectivity index (χ1v) is 7.77. The maximum atomic E-state index is 12.2. The van der Waals surface area contributed by atoms with Crippen molar-refractivity contribution < 1.29 is 4.79 Å². The van der Waals surface area contributed by atoms with Gasteiger partial charge < -0.3 is 9.80 Å². The minimum absolute atomic E-state index is 0.0964. The van der Waals surface area contributed by atoms with Crippen LogP contribution in [0, 0.1) is 0 Å². The van der Waals surface area contributed by atoms with Gasteiger partial charge in [-0.05, 0) is 37.5 Å². The van der Waals surface area contributed by atoms with E-state index in [2.05, 4.69) is 34.1 Å². The van der Waals surface area contributed by atoms with Crippen LogP contribution in [0.4, 0.5) is 5.69 Å². The van der Waals surface area contributed by atoms with Crippen molar-refractivity contribution in [3.63, 3.8) is 0 Å². The molecule has 2 atom stereocenters. The molecule has 1 heterocycles. The van der Waals surface area contributed by atoms with Crippen molar-refractivity contribution in [2.45, 2.75) is 36.4 Å². The molecule has 1 aliphatic heterocycles. The highest BCUT2D eigenvalue weighted by molar-refractivity contribution is 8.01. The van der Waals surface area contributed by atoms with Crippen LogP contribution in [0.1, 0.15) is 30.7 Å². The van der Waals surface area contributed by atoms with Gasteiger partial charge in [0.05, 0.1) is 5.25 Å². The number of thioether (sulfide) groups is 1. The minimum atomic E-state index is 0.0964. The Kier molecular flexibility index (Phi) is 3.21. The summed E-state index contributed by atoms with van der Waals surface area (Å²) in [5, 5.41) is 0.310. The van der Waals surface area contributed by atoms with Crippen LogP contribution in [-0.2, 0) is 4.79 Å². The van der Waals surface area contributed by atoms with Gasteiger partial charge in [0, 0.05) is 25.8 Å². The van der Waals surface area contributed by atoms with Gasteiger partial charge in [0.25, 0.3) is 0 Å². The first-order chi connectivity index (χ1) is 9.08. The summed E-state index contributed by atoms with van der Waals surface area (Å²) in [6.45, 7) is 2.02. The molecular weight excluding hydrogens is 256 g/mol. The molecule has 1 saturated carbocycles. The molecule has 0 aromatic heterocycles. The first kappa shape index (κ1) is 12.9. The Bertz CT molecular complexity index is 481. The lowest BCUT2D eigenvalue weighted by Crippen LogP contribution is -2.32. The third kappa shape index (κ3) is 2.34. The molecule has 0 bridgehead atoms.